The van der Waals surface area contributed by atoms with Gasteiger partial charge in [0.2, 0.25) is 0 Å². The van der Waals surface area contributed by atoms with Crippen molar-refractivity contribution in [2.75, 3.05) is 20.6 Å². The number of amides is 1. The summed E-state index contributed by atoms with van der Waals surface area (Å²) >= 11 is 1.99. The van der Waals surface area contributed by atoms with Crippen LogP contribution in [0.4, 0.5) is 0 Å². The number of hydrogen-bond acceptors (Lipinski definition) is 5. The Morgan fingerprint density at radius 3 is 2.92 bits per heavy atom. The number of nitrogens with one attached hydrogen (secondary N) is 1. The summed E-state index contributed by atoms with van der Waals surface area (Å²) in [5, 5.41) is 11.0. The average Bonchev–Trinajstić information content (AvgIpc) is 2.52. The van der Waals surface area contributed by atoms with E-state index in [2.05, 4.69) is 19.0 Å². The summed E-state index contributed by atoms with van der Waals surface area (Å²) in [5.41, 5.74) is 0.660. The second-order valence-corrected chi connectivity index (χ2v) is 3.50. The molecule has 72 valence electrons. The maximum absolute atomic E-state index is 11.5. The molecule has 0 aromatic rings. The molecule has 13 heavy (non-hydrogen) atoms. The predicted octanol–water partition coefficient (Wildman–Crippen LogP) is 0.205. The van der Waals surface area contributed by atoms with Crippen LogP contribution in [0.1, 0.15) is 0 Å². The van der Waals surface area contributed by atoms with E-state index in [9.17, 15) is 4.79 Å². The zero-order valence-corrected chi connectivity index (χ0v) is 9.52. The van der Waals surface area contributed by atoms with Gasteiger partial charge in [0.1, 0.15) is 0 Å². The van der Waals surface area contributed by atoms with Gasteiger partial charge in [-0.25, -0.2) is 0 Å². The first-order chi connectivity index (χ1) is 6.16. The summed E-state index contributed by atoms with van der Waals surface area (Å²) in [6, 6.07) is -0.530. The fraction of sp³-hybridized carbons (Fsp3) is 0.667. The van der Waals surface area contributed by atoms with Crippen LogP contribution >= 0.6 is 22.9 Å². The fourth-order valence-corrected chi connectivity index (χ4v) is 1.28. The molecule has 1 atom stereocenters. The summed E-state index contributed by atoms with van der Waals surface area (Å²) in [6.07, 6.45) is 0. The van der Waals surface area contributed by atoms with Crippen LogP contribution in [0.2, 0.25) is 0 Å². The summed E-state index contributed by atoms with van der Waals surface area (Å²) in [5.74, 6) is -0.0911. The van der Waals surface area contributed by atoms with Gasteiger partial charge in [0, 0.05) is 43.5 Å². The number of hydrogen-bond donors (Lipinski definition) is 1. The summed E-state index contributed by atoms with van der Waals surface area (Å²) in [7, 11) is 3.37. The highest BCUT2D eigenvalue weighted by atomic mass is 127. The van der Waals surface area contributed by atoms with Crippen LogP contribution in [0, 0.1) is 0 Å². The molecule has 0 bridgehead atoms. The molecule has 6 nitrogen and oxygen atoms in total. The number of carbonyl (C=O) groups excluding carboxylic acids is 1. The summed E-state index contributed by atoms with van der Waals surface area (Å²) in [6.45, 7) is 0.526. The highest BCUT2D eigenvalue weighted by Gasteiger charge is 2.28. The van der Waals surface area contributed by atoms with E-state index in [1.165, 1.54) is 4.90 Å². The Morgan fingerprint density at radius 2 is 2.38 bits per heavy atom. The first-order valence-electron chi connectivity index (χ1n) is 3.68. The monoisotopic (exact) mass is 295 g/mol. The second-order valence-electron chi connectivity index (χ2n) is 2.74. The summed E-state index contributed by atoms with van der Waals surface area (Å²) < 4.78 is 2.88. The minimum Gasteiger partial charge on any atom is -0.347 e. The van der Waals surface area contributed by atoms with Crippen LogP contribution in [-0.4, -0.2) is 43.2 Å². The van der Waals surface area contributed by atoms with E-state index in [1.807, 2.05) is 22.9 Å². The SMILES string of the molecule is CN(C)C(=O)C1N=NN=C1CNI. The van der Waals surface area contributed by atoms with Gasteiger partial charge in [0.25, 0.3) is 5.91 Å². The van der Waals surface area contributed by atoms with Crippen LogP contribution in [0.15, 0.2) is 15.4 Å². The molecule has 1 aliphatic rings. The molecular weight excluding hydrogens is 285 g/mol. The van der Waals surface area contributed by atoms with E-state index >= 15 is 0 Å². The van der Waals surface area contributed by atoms with Crippen molar-refractivity contribution in [1.29, 1.82) is 0 Å². The topological polar surface area (TPSA) is 69.4 Å². The Hall–Kier alpha value is -0.570. The Balaban J connectivity index is 2.65. The lowest BCUT2D eigenvalue weighted by atomic mass is 10.1. The van der Waals surface area contributed by atoms with Crippen molar-refractivity contribution in [3.8, 4) is 0 Å². The van der Waals surface area contributed by atoms with Crippen LogP contribution in [0.3, 0.4) is 0 Å². The molecule has 1 N–H and O–H groups in total. The molecule has 7 heteroatoms. The molecule has 1 amide bonds. The number of rotatable bonds is 3. The van der Waals surface area contributed by atoms with Gasteiger partial charge in [-0.05, 0) is 5.22 Å². The minimum absolute atomic E-state index is 0.0911. The molecule has 1 aliphatic heterocycles. The zero-order chi connectivity index (χ0) is 9.84. The lowest BCUT2D eigenvalue weighted by Gasteiger charge is -2.13. The van der Waals surface area contributed by atoms with E-state index < -0.39 is 6.04 Å². The van der Waals surface area contributed by atoms with Crippen molar-refractivity contribution in [2.45, 2.75) is 6.04 Å². The third kappa shape index (κ3) is 2.44. The Labute approximate surface area is 90.0 Å². The largest absolute Gasteiger partial charge is 0.347 e. The smallest absolute Gasteiger partial charge is 0.254 e. The molecule has 0 aromatic heterocycles. The molecule has 1 heterocycles. The molecule has 0 radical (unpaired) electrons. The first-order valence-corrected chi connectivity index (χ1v) is 4.76. The lowest BCUT2D eigenvalue weighted by Crippen LogP contribution is -2.39. The van der Waals surface area contributed by atoms with E-state index in [-0.39, 0.29) is 5.91 Å². The van der Waals surface area contributed by atoms with Crippen molar-refractivity contribution in [3.63, 3.8) is 0 Å². The molecular formula is C6H10IN5O. The quantitative estimate of drug-likeness (QED) is 0.597. The van der Waals surface area contributed by atoms with Gasteiger partial charge in [-0.15, -0.1) is 10.2 Å². The Bertz CT molecular complexity index is 262. The number of carbonyl (C=O) groups is 1. The van der Waals surface area contributed by atoms with Gasteiger partial charge in [0.05, 0.1) is 5.71 Å². The van der Waals surface area contributed by atoms with Crippen LogP contribution in [0.5, 0.6) is 0 Å². The average molecular weight is 295 g/mol. The minimum atomic E-state index is -0.530. The van der Waals surface area contributed by atoms with Crippen LogP contribution in [-0.2, 0) is 4.79 Å². The molecule has 1 rings (SSSR count). The fourth-order valence-electron chi connectivity index (χ4n) is 0.893. The molecule has 0 saturated heterocycles. The van der Waals surface area contributed by atoms with Crippen molar-refractivity contribution in [1.82, 2.24) is 8.43 Å². The van der Waals surface area contributed by atoms with E-state index in [1.54, 1.807) is 14.1 Å². The van der Waals surface area contributed by atoms with Crippen LogP contribution in [0.25, 0.3) is 0 Å². The Morgan fingerprint density at radius 1 is 1.69 bits per heavy atom. The highest BCUT2D eigenvalue weighted by molar-refractivity contribution is 14.1. The summed E-state index contributed by atoms with van der Waals surface area (Å²) in [4.78, 5) is 13.0. The Kier molecular flexibility index (Phi) is 3.72. The molecule has 0 spiro atoms. The molecule has 1 unspecified atom stereocenters. The van der Waals surface area contributed by atoms with Crippen LogP contribution < -0.4 is 3.53 Å². The van der Waals surface area contributed by atoms with Gasteiger partial charge in [0.15, 0.2) is 6.04 Å². The maximum atomic E-state index is 11.5. The normalized spacial score (nSPS) is 20.2. The van der Waals surface area contributed by atoms with Gasteiger partial charge < -0.3 is 4.90 Å². The molecule has 0 aliphatic carbocycles. The highest BCUT2D eigenvalue weighted by Crippen LogP contribution is 2.07. The van der Waals surface area contributed by atoms with Crippen molar-refractivity contribution in [2.24, 2.45) is 15.4 Å². The number of halogens is 1. The third-order valence-corrected chi connectivity index (χ3v) is 1.96. The zero-order valence-electron chi connectivity index (χ0n) is 7.36. The van der Waals surface area contributed by atoms with Gasteiger partial charge in [-0.1, -0.05) is 0 Å². The maximum Gasteiger partial charge on any atom is 0.254 e. The van der Waals surface area contributed by atoms with Gasteiger partial charge in [-0.2, -0.15) is 0 Å². The van der Waals surface area contributed by atoms with E-state index in [0.29, 0.717) is 12.3 Å². The second kappa shape index (κ2) is 4.61. The van der Waals surface area contributed by atoms with Gasteiger partial charge in [-0.3, -0.25) is 8.32 Å². The van der Waals surface area contributed by atoms with Crippen molar-refractivity contribution < 1.29 is 4.79 Å². The molecule has 0 fully saturated rings. The number of nitrogens with zero attached hydrogens (tertiary/aromatic N) is 4. The van der Waals surface area contributed by atoms with Crippen molar-refractivity contribution in [3.05, 3.63) is 0 Å². The van der Waals surface area contributed by atoms with Crippen molar-refractivity contribution >= 4 is 34.5 Å². The van der Waals surface area contributed by atoms with E-state index in [0.717, 1.165) is 0 Å². The third-order valence-electron chi connectivity index (χ3n) is 1.58. The predicted molar refractivity (Wildman–Crippen MR) is 56.8 cm³/mol. The number of likely N-dealkylation sites (N-methyl/N-ethyl adjacent to an activating group) is 1. The standard InChI is InChI=1S/C6H10IN5O/c1-12(2)6(13)5-4(3-8-7)9-11-10-5/h5,8H,3H2,1-2H3. The van der Waals surface area contributed by atoms with Gasteiger partial charge >= 0.3 is 0 Å². The lowest BCUT2D eigenvalue weighted by molar-refractivity contribution is -0.128. The molecule has 0 aromatic carbocycles. The first kappa shape index (κ1) is 10.5. The van der Waals surface area contributed by atoms with E-state index in [4.69, 9.17) is 0 Å². The molecule has 0 saturated carbocycles.